The van der Waals surface area contributed by atoms with E-state index in [1.807, 2.05) is 41.4 Å². The van der Waals surface area contributed by atoms with Crippen LogP contribution in [0.2, 0.25) is 0 Å². The monoisotopic (exact) mass is 784 g/mol. The lowest BCUT2D eigenvalue weighted by Crippen LogP contribution is -2.42. The number of hydrogen-bond acceptors (Lipinski definition) is 8. The second-order valence-corrected chi connectivity index (χ2v) is 15.2. The Morgan fingerprint density at radius 2 is 1.21 bits per heavy atom. The Morgan fingerprint density at radius 3 is 1.78 bits per heavy atom. The summed E-state index contributed by atoms with van der Waals surface area (Å²) < 4.78 is 9.56. The van der Waals surface area contributed by atoms with E-state index in [1.54, 1.807) is 11.1 Å². The first-order chi connectivity index (χ1) is 28.3. The number of amides is 4. The first kappa shape index (κ1) is 38.4. The van der Waals surface area contributed by atoms with Crippen molar-refractivity contribution in [2.45, 2.75) is 69.1 Å². The van der Waals surface area contributed by atoms with E-state index in [0.29, 0.717) is 30.9 Å². The van der Waals surface area contributed by atoms with Crippen LogP contribution in [0.1, 0.15) is 80.3 Å². The molecule has 2 saturated heterocycles. The molecule has 4 amide bonds. The fraction of sp³-hybridized carbons (Fsp3) is 0.364. The average molecular weight is 785 g/mol. The number of nitrogens with zero attached hydrogens (tertiary/aromatic N) is 4. The van der Waals surface area contributed by atoms with Gasteiger partial charge in [-0.25, -0.2) is 19.6 Å². The van der Waals surface area contributed by atoms with Gasteiger partial charge in [0, 0.05) is 25.0 Å². The average Bonchev–Trinajstić information content (AvgIpc) is 4.12. The molecule has 3 aromatic carbocycles. The van der Waals surface area contributed by atoms with Crippen LogP contribution in [0.3, 0.4) is 0 Å². The van der Waals surface area contributed by atoms with Gasteiger partial charge in [0.25, 0.3) is 5.91 Å². The minimum Gasteiger partial charge on any atom is -0.453 e. The van der Waals surface area contributed by atoms with Gasteiger partial charge in [-0.2, -0.15) is 0 Å². The zero-order chi connectivity index (χ0) is 40.2. The third-order valence-electron chi connectivity index (χ3n) is 11.7. The van der Waals surface area contributed by atoms with Crippen molar-refractivity contribution in [3.8, 4) is 33.6 Å². The number of nitrogens with one attached hydrogen (secondary N) is 4. The van der Waals surface area contributed by atoms with E-state index in [9.17, 15) is 19.2 Å². The molecule has 8 rings (SSSR count). The molecule has 300 valence electrons. The maximum absolute atomic E-state index is 13.9. The maximum Gasteiger partial charge on any atom is 0.407 e. The zero-order valence-corrected chi connectivity index (χ0v) is 32.6. The maximum atomic E-state index is 13.9. The predicted octanol–water partition coefficient (Wildman–Crippen LogP) is 7.08. The molecule has 4 heterocycles. The quantitative estimate of drug-likeness (QED) is 0.116. The molecule has 2 aromatic heterocycles. The topological polar surface area (TPSA) is 175 Å². The number of hydrogen-bond donors (Lipinski definition) is 4. The van der Waals surface area contributed by atoms with Crippen LogP contribution in [0.25, 0.3) is 33.6 Å². The lowest BCUT2D eigenvalue weighted by atomic mass is 10.0. The smallest absolute Gasteiger partial charge is 0.407 e. The van der Waals surface area contributed by atoms with Gasteiger partial charge in [-0.15, -0.1) is 0 Å². The first-order valence-corrected chi connectivity index (χ1v) is 20.0. The van der Waals surface area contributed by atoms with Crippen molar-refractivity contribution >= 4 is 24.0 Å². The number of ether oxygens (including phenoxy) is 2. The fourth-order valence-electron chi connectivity index (χ4n) is 8.69. The molecule has 14 heteroatoms. The van der Waals surface area contributed by atoms with Crippen LogP contribution >= 0.6 is 0 Å². The van der Waals surface area contributed by atoms with Crippen molar-refractivity contribution in [2.75, 3.05) is 27.3 Å². The summed E-state index contributed by atoms with van der Waals surface area (Å²) >= 11 is 0. The lowest BCUT2D eigenvalue weighted by molar-refractivity contribution is -0.136. The minimum absolute atomic E-state index is 0.0451. The van der Waals surface area contributed by atoms with Crippen LogP contribution in [0, 0.1) is 5.92 Å². The number of aromatic amines is 2. The molecule has 4 N–H and O–H groups in total. The minimum atomic E-state index is -0.877. The van der Waals surface area contributed by atoms with Gasteiger partial charge < -0.3 is 39.9 Å². The molecular weight excluding hydrogens is 737 g/mol. The van der Waals surface area contributed by atoms with Gasteiger partial charge in [0.2, 0.25) is 5.91 Å². The van der Waals surface area contributed by atoms with Crippen LogP contribution in [0.15, 0.2) is 91.3 Å². The molecule has 2 aliphatic heterocycles. The predicted molar refractivity (Wildman–Crippen MR) is 216 cm³/mol. The lowest BCUT2D eigenvalue weighted by Gasteiger charge is -2.28. The van der Waals surface area contributed by atoms with E-state index >= 15 is 0 Å². The largest absolute Gasteiger partial charge is 0.453 e. The summed E-state index contributed by atoms with van der Waals surface area (Å²) in [5, 5.41) is 5.55. The van der Waals surface area contributed by atoms with Crippen LogP contribution in [0.4, 0.5) is 9.59 Å². The molecule has 3 fully saturated rings. The van der Waals surface area contributed by atoms with Crippen molar-refractivity contribution in [1.82, 2.24) is 40.4 Å². The molecule has 0 radical (unpaired) electrons. The highest BCUT2D eigenvalue weighted by molar-refractivity contribution is 5.87. The van der Waals surface area contributed by atoms with Crippen molar-refractivity contribution in [2.24, 2.45) is 5.92 Å². The molecule has 5 aromatic rings. The van der Waals surface area contributed by atoms with Gasteiger partial charge in [0.15, 0.2) is 0 Å². The molecule has 0 spiro atoms. The Morgan fingerprint density at radius 1 is 0.672 bits per heavy atom. The third-order valence-corrected chi connectivity index (χ3v) is 11.7. The number of methoxy groups -OCH3 is 2. The van der Waals surface area contributed by atoms with Crippen molar-refractivity contribution in [1.29, 1.82) is 0 Å². The number of alkyl carbamates (subject to hydrolysis) is 2. The van der Waals surface area contributed by atoms with Crippen molar-refractivity contribution < 1.29 is 28.7 Å². The number of rotatable bonds is 10. The van der Waals surface area contributed by atoms with E-state index in [2.05, 4.69) is 69.1 Å². The Kier molecular flexibility index (Phi) is 11.2. The van der Waals surface area contributed by atoms with Gasteiger partial charge in [-0.3, -0.25) is 9.59 Å². The summed E-state index contributed by atoms with van der Waals surface area (Å²) in [5.41, 5.74) is 6.53. The zero-order valence-electron chi connectivity index (χ0n) is 32.6. The summed E-state index contributed by atoms with van der Waals surface area (Å²) in [6.07, 6.45) is 8.01. The Labute approximate surface area is 336 Å². The van der Waals surface area contributed by atoms with E-state index in [4.69, 9.17) is 19.4 Å². The highest BCUT2D eigenvalue weighted by atomic mass is 16.5. The molecule has 3 aliphatic rings. The van der Waals surface area contributed by atoms with E-state index in [1.165, 1.54) is 14.2 Å². The molecular formula is C44H48N8O6. The molecule has 1 saturated carbocycles. The molecule has 1 aliphatic carbocycles. The Hall–Kier alpha value is -6.44. The van der Waals surface area contributed by atoms with E-state index < -0.39 is 18.2 Å². The number of carbonyl (C=O) groups excluding carboxylic acids is 4. The number of carbonyl (C=O) groups is 4. The summed E-state index contributed by atoms with van der Waals surface area (Å²) in [6.45, 7) is 1.26. The van der Waals surface area contributed by atoms with E-state index in [-0.39, 0.29) is 35.9 Å². The normalized spacial score (nSPS) is 20.8. The highest BCUT2D eigenvalue weighted by Gasteiger charge is 2.40. The van der Waals surface area contributed by atoms with Crippen LogP contribution < -0.4 is 10.6 Å². The second kappa shape index (κ2) is 17.0. The number of likely N-dealkylation sites (tertiary alicyclic amines) is 2. The third kappa shape index (κ3) is 8.04. The van der Waals surface area contributed by atoms with Gasteiger partial charge in [-0.1, -0.05) is 78.9 Å². The molecule has 58 heavy (non-hydrogen) atoms. The number of H-pyrrole nitrogens is 2. The van der Waals surface area contributed by atoms with Gasteiger partial charge in [-0.05, 0) is 72.8 Å². The van der Waals surface area contributed by atoms with Crippen LogP contribution in [-0.4, -0.2) is 87.1 Å². The van der Waals surface area contributed by atoms with Crippen LogP contribution in [0.5, 0.6) is 0 Å². The SMILES string of the molecule is COC(=O)N[C@H]1CC[C@@H](C(=O)N2CCC[C@H]2c2ncc(-c3ccc(-c4ccc(-c5cnc([C@@H]6CCCN6C(=O)[C@@H](NC(=O)OC)c6ccccc6)[nH]5)cc4)cc3)[nH]2)C1. The Balaban J connectivity index is 0.902. The summed E-state index contributed by atoms with van der Waals surface area (Å²) in [6, 6.07) is 24.5. The van der Waals surface area contributed by atoms with Gasteiger partial charge in [0.05, 0.1) is 50.1 Å². The molecule has 0 bridgehead atoms. The fourth-order valence-corrected chi connectivity index (χ4v) is 8.69. The standard InChI is InChI=1S/C44H48N8O6/c1-57-43(55)47-33-21-20-32(24-33)41(53)51-22-6-10-36(51)39-45-25-34(48-39)29-16-12-27(13-17-29)28-14-18-30(19-15-28)35-26-46-40(49-35)37-11-7-23-52(37)42(54)38(50-44(56)58-2)31-8-4-3-5-9-31/h3-5,8-9,12-19,25-26,32-33,36-38H,6-7,10-11,20-24H2,1-2H3,(H,45,48)(H,46,49)(H,47,55)(H,50,56)/t32-,33+,36+,37+,38+/m1/s1. The van der Waals surface area contributed by atoms with Crippen molar-refractivity contribution in [3.63, 3.8) is 0 Å². The summed E-state index contributed by atoms with van der Waals surface area (Å²) in [7, 11) is 2.63. The summed E-state index contributed by atoms with van der Waals surface area (Å²) in [5.74, 6) is 1.31. The van der Waals surface area contributed by atoms with Crippen molar-refractivity contribution in [3.05, 3.63) is 108 Å². The second-order valence-electron chi connectivity index (χ2n) is 15.2. The van der Waals surface area contributed by atoms with Crippen LogP contribution in [-0.2, 0) is 19.1 Å². The highest BCUT2D eigenvalue weighted by Crippen LogP contribution is 2.37. The van der Waals surface area contributed by atoms with Gasteiger partial charge >= 0.3 is 12.2 Å². The summed E-state index contributed by atoms with van der Waals surface area (Å²) in [4.78, 5) is 71.5. The number of aromatic nitrogens is 4. The molecule has 5 atom stereocenters. The van der Waals surface area contributed by atoms with Gasteiger partial charge in [0.1, 0.15) is 17.7 Å². The van der Waals surface area contributed by atoms with E-state index in [0.717, 1.165) is 78.0 Å². The Bertz CT molecular complexity index is 2240. The number of imidazole rings is 2. The molecule has 14 nitrogen and oxygen atoms in total. The first-order valence-electron chi connectivity index (χ1n) is 20.0. The molecule has 0 unspecified atom stereocenters. The number of benzene rings is 3.